The van der Waals surface area contributed by atoms with Crippen molar-refractivity contribution in [3.63, 3.8) is 0 Å². The lowest BCUT2D eigenvalue weighted by Gasteiger charge is -2.22. The Bertz CT molecular complexity index is 622. The fourth-order valence-electron chi connectivity index (χ4n) is 2.90. The molecule has 1 aromatic carbocycles. The van der Waals surface area contributed by atoms with Crippen LogP contribution in [0, 0.1) is 0 Å². The number of hydrogen-bond donors (Lipinski definition) is 3. The average Bonchev–Trinajstić information content (AvgIpc) is 2.58. The second kappa shape index (κ2) is 10.0. The van der Waals surface area contributed by atoms with Gasteiger partial charge >= 0.3 is 12.1 Å². The molecule has 1 aliphatic rings. The van der Waals surface area contributed by atoms with Crippen molar-refractivity contribution in [2.75, 3.05) is 18.5 Å². The van der Waals surface area contributed by atoms with Crippen molar-refractivity contribution in [1.82, 2.24) is 10.6 Å². The number of anilines is 1. The summed E-state index contributed by atoms with van der Waals surface area (Å²) >= 11 is 0. The summed E-state index contributed by atoms with van der Waals surface area (Å²) in [5.41, 5.74) is 0.0342. The van der Waals surface area contributed by atoms with Gasteiger partial charge in [-0.1, -0.05) is 25.3 Å². The van der Waals surface area contributed by atoms with Gasteiger partial charge in [0.1, 0.15) is 18.0 Å². The van der Waals surface area contributed by atoms with Gasteiger partial charge in [0.25, 0.3) is 0 Å². The van der Waals surface area contributed by atoms with Gasteiger partial charge in [0.15, 0.2) is 0 Å². The Kier molecular flexibility index (Phi) is 7.76. The minimum Gasteiger partial charge on any atom is -0.492 e. The maximum Gasteiger partial charge on any atom is 0.412 e. The molecule has 0 atom stereocenters. The Morgan fingerprint density at radius 2 is 1.89 bits per heavy atom. The molecule has 1 fully saturated rings. The summed E-state index contributed by atoms with van der Waals surface area (Å²) in [6, 6.07) is 7.19. The molecule has 0 bridgehead atoms. The first-order chi connectivity index (χ1) is 12.8. The van der Waals surface area contributed by atoms with Crippen LogP contribution in [0.5, 0.6) is 5.75 Å². The number of hydrogen-bond acceptors (Lipinski definition) is 4. The number of carbonyl (C=O) groups is 2. The van der Waals surface area contributed by atoms with E-state index in [0.29, 0.717) is 24.6 Å². The topological polar surface area (TPSA) is 88.7 Å². The van der Waals surface area contributed by atoms with Gasteiger partial charge in [0, 0.05) is 17.8 Å². The average molecular weight is 377 g/mol. The van der Waals surface area contributed by atoms with Crippen LogP contribution in [-0.2, 0) is 4.74 Å². The Labute approximate surface area is 161 Å². The molecule has 150 valence electrons. The first-order valence-electron chi connectivity index (χ1n) is 9.59. The van der Waals surface area contributed by atoms with Crippen LogP contribution in [0.1, 0.15) is 52.9 Å². The Morgan fingerprint density at radius 1 is 1.15 bits per heavy atom. The Morgan fingerprint density at radius 3 is 2.59 bits per heavy atom. The predicted octanol–water partition coefficient (Wildman–Crippen LogP) is 4.04. The third-order valence-corrected chi connectivity index (χ3v) is 4.08. The first-order valence-corrected chi connectivity index (χ1v) is 9.59. The lowest BCUT2D eigenvalue weighted by Crippen LogP contribution is -2.44. The molecule has 7 heteroatoms. The fraction of sp³-hybridized carbons (Fsp3) is 0.600. The SMILES string of the molecule is CC(C)(C)OC(=O)Nc1cccc(OCCNC(=O)NC2CCCCC2)c1. The molecule has 0 saturated heterocycles. The maximum atomic E-state index is 11.9. The van der Waals surface area contributed by atoms with E-state index < -0.39 is 11.7 Å². The second-order valence-corrected chi connectivity index (χ2v) is 7.74. The highest BCUT2D eigenvalue weighted by atomic mass is 16.6. The number of ether oxygens (including phenoxy) is 2. The Hall–Kier alpha value is -2.44. The zero-order chi connectivity index (χ0) is 19.7. The lowest BCUT2D eigenvalue weighted by atomic mass is 9.96. The van der Waals surface area contributed by atoms with E-state index in [1.807, 2.05) is 20.8 Å². The van der Waals surface area contributed by atoms with E-state index in [1.54, 1.807) is 24.3 Å². The second-order valence-electron chi connectivity index (χ2n) is 7.74. The molecule has 7 nitrogen and oxygen atoms in total. The third kappa shape index (κ3) is 8.66. The molecule has 0 aliphatic heterocycles. The van der Waals surface area contributed by atoms with Crippen LogP contribution < -0.4 is 20.7 Å². The normalized spacial score (nSPS) is 14.9. The molecule has 1 saturated carbocycles. The van der Waals surface area contributed by atoms with Crippen LogP contribution in [0.25, 0.3) is 0 Å². The van der Waals surface area contributed by atoms with E-state index in [4.69, 9.17) is 9.47 Å². The van der Waals surface area contributed by atoms with Gasteiger partial charge in [-0.25, -0.2) is 9.59 Å². The maximum absolute atomic E-state index is 11.9. The van der Waals surface area contributed by atoms with Crippen molar-refractivity contribution in [3.05, 3.63) is 24.3 Å². The quantitative estimate of drug-likeness (QED) is 0.653. The highest BCUT2D eigenvalue weighted by Gasteiger charge is 2.16. The van der Waals surface area contributed by atoms with E-state index >= 15 is 0 Å². The third-order valence-electron chi connectivity index (χ3n) is 4.08. The van der Waals surface area contributed by atoms with E-state index in [-0.39, 0.29) is 12.1 Å². The number of urea groups is 1. The zero-order valence-electron chi connectivity index (χ0n) is 16.5. The van der Waals surface area contributed by atoms with Crippen molar-refractivity contribution in [2.24, 2.45) is 0 Å². The smallest absolute Gasteiger partial charge is 0.412 e. The summed E-state index contributed by atoms with van der Waals surface area (Å²) in [5, 5.41) is 8.48. The highest BCUT2D eigenvalue weighted by molar-refractivity contribution is 5.85. The van der Waals surface area contributed by atoms with Crippen molar-refractivity contribution in [3.8, 4) is 5.75 Å². The van der Waals surface area contributed by atoms with Crippen molar-refractivity contribution >= 4 is 17.8 Å². The minimum absolute atomic E-state index is 0.147. The molecule has 27 heavy (non-hydrogen) atoms. The van der Waals surface area contributed by atoms with Gasteiger partial charge in [-0.2, -0.15) is 0 Å². The molecule has 0 spiro atoms. The van der Waals surface area contributed by atoms with Crippen molar-refractivity contribution in [1.29, 1.82) is 0 Å². The monoisotopic (exact) mass is 377 g/mol. The highest BCUT2D eigenvalue weighted by Crippen LogP contribution is 2.19. The molecule has 3 amide bonds. The molecular formula is C20H31N3O4. The molecule has 2 rings (SSSR count). The summed E-state index contributed by atoms with van der Waals surface area (Å²) in [5.74, 6) is 0.609. The van der Waals surface area contributed by atoms with E-state index in [9.17, 15) is 9.59 Å². The largest absolute Gasteiger partial charge is 0.492 e. The van der Waals surface area contributed by atoms with E-state index in [0.717, 1.165) is 12.8 Å². The van der Waals surface area contributed by atoms with Crippen molar-refractivity contribution in [2.45, 2.75) is 64.5 Å². The molecule has 0 radical (unpaired) electrons. The van der Waals surface area contributed by atoms with Gasteiger partial charge in [0.2, 0.25) is 0 Å². The van der Waals surface area contributed by atoms with Crippen LogP contribution in [0.2, 0.25) is 0 Å². The molecule has 0 unspecified atom stereocenters. The predicted molar refractivity (Wildman–Crippen MR) is 105 cm³/mol. The lowest BCUT2D eigenvalue weighted by molar-refractivity contribution is 0.0636. The number of benzene rings is 1. The molecule has 3 N–H and O–H groups in total. The Balaban J connectivity index is 1.68. The zero-order valence-corrected chi connectivity index (χ0v) is 16.5. The fourth-order valence-corrected chi connectivity index (χ4v) is 2.90. The van der Waals surface area contributed by atoms with Crippen LogP contribution in [-0.4, -0.2) is 36.9 Å². The number of amides is 3. The van der Waals surface area contributed by atoms with Crippen LogP contribution in [0.3, 0.4) is 0 Å². The summed E-state index contributed by atoms with van der Waals surface area (Å²) in [6.45, 7) is 6.17. The summed E-state index contributed by atoms with van der Waals surface area (Å²) in [6.07, 6.45) is 5.22. The summed E-state index contributed by atoms with van der Waals surface area (Å²) in [4.78, 5) is 23.7. The number of rotatable bonds is 6. The van der Waals surface area contributed by atoms with E-state index in [2.05, 4.69) is 16.0 Å². The molecule has 1 aromatic rings. The number of carbonyl (C=O) groups excluding carboxylic acids is 2. The number of nitrogens with one attached hydrogen (secondary N) is 3. The van der Waals surface area contributed by atoms with Gasteiger partial charge in [-0.15, -0.1) is 0 Å². The van der Waals surface area contributed by atoms with Crippen LogP contribution in [0.4, 0.5) is 15.3 Å². The minimum atomic E-state index is -0.554. The van der Waals surface area contributed by atoms with Gasteiger partial charge in [-0.3, -0.25) is 5.32 Å². The van der Waals surface area contributed by atoms with Crippen LogP contribution >= 0.6 is 0 Å². The van der Waals surface area contributed by atoms with Gasteiger partial charge in [-0.05, 0) is 45.7 Å². The molecular weight excluding hydrogens is 346 g/mol. The van der Waals surface area contributed by atoms with Crippen molar-refractivity contribution < 1.29 is 19.1 Å². The summed E-state index contributed by atoms with van der Waals surface area (Å²) in [7, 11) is 0. The molecule has 0 aromatic heterocycles. The van der Waals surface area contributed by atoms with Crippen LogP contribution in [0.15, 0.2) is 24.3 Å². The molecule has 0 heterocycles. The van der Waals surface area contributed by atoms with E-state index in [1.165, 1.54) is 19.3 Å². The first kappa shape index (κ1) is 20.9. The van der Waals surface area contributed by atoms with Gasteiger partial charge in [0.05, 0.1) is 6.54 Å². The molecule has 1 aliphatic carbocycles. The standard InChI is InChI=1S/C20H31N3O4/c1-20(2,3)27-19(25)23-16-10-7-11-17(14-16)26-13-12-21-18(24)22-15-8-5-4-6-9-15/h7,10-11,14-15H,4-6,8-9,12-13H2,1-3H3,(H,23,25)(H2,21,22,24). The summed E-state index contributed by atoms with van der Waals surface area (Å²) < 4.78 is 10.9. The van der Waals surface area contributed by atoms with Gasteiger partial charge < -0.3 is 20.1 Å².